The molecule has 1 heterocycles. The number of benzene rings is 3. The minimum atomic E-state index is -0.347. The van der Waals surface area contributed by atoms with E-state index in [1.165, 1.54) is 18.0 Å². The average Bonchev–Trinajstić information content (AvgIpc) is 2.84. The zero-order valence-corrected chi connectivity index (χ0v) is 22.1. The number of carbonyl (C=O) groups excluding carboxylic acids is 1. The molecule has 0 saturated heterocycles. The van der Waals surface area contributed by atoms with Gasteiger partial charge in [-0.25, -0.2) is 4.98 Å². The number of nitrogens with zero attached hydrogens (tertiary/aromatic N) is 3. The van der Waals surface area contributed by atoms with E-state index in [0.29, 0.717) is 38.8 Å². The van der Waals surface area contributed by atoms with E-state index in [0.717, 1.165) is 10.0 Å². The summed E-state index contributed by atoms with van der Waals surface area (Å²) in [6.07, 6.45) is 1.42. The van der Waals surface area contributed by atoms with Gasteiger partial charge in [-0.3, -0.25) is 9.59 Å². The van der Waals surface area contributed by atoms with Crippen LogP contribution >= 0.6 is 27.5 Å². The van der Waals surface area contributed by atoms with Crippen LogP contribution in [0.5, 0.6) is 11.5 Å². The summed E-state index contributed by atoms with van der Waals surface area (Å²) in [5, 5.41) is 7.95. The Hall–Kier alpha value is -3.69. The van der Waals surface area contributed by atoms with E-state index < -0.39 is 0 Å². The third kappa shape index (κ3) is 5.58. The standard InChI is InChI=1S/C26H22BrClN4O4/c1-15-6-4-5-7-21(15)31-24(33)14-36-25-17(10-19(28)12-23(25)35-3)13-29-32-16(2)30-22-9-8-18(27)11-20(22)26(32)34/h4-13H,14H2,1-3H3,(H,31,33). The first-order valence-corrected chi connectivity index (χ1v) is 12.0. The van der Waals surface area contributed by atoms with Gasteiger partial charge in [-0.1, -0.05) is 45.7 Å². The molecule has 0 bridgehead atoms. The second-order valence-electron chi connectivity index (χ2n) is 7.86. The monoisotopic (exact) mass is 568 g/mol. The van der Waals surface area contributed by atoms with Crippen molar-refractivity contribution in [2.24, 2.45) is 5.10 Å². The number of aryl methyl sites for hydroxylation is 2. The maximum Gasteiger partial charge on any atom is 0.282 e. The molecule has 1 aromatic heterocycles. The van der Waals surface area contributed by atoms with Crippen LogP contribution in [0, 0.1) is 13.8 Å². The van der Waals surface area contributed by atoms with Gasteiger partial charge >= 0.3 is 0 Å². The van der Waals surface area contributed by atoms with Crippen molar-refractivity contribution in [1.82, 2.24) is 9.66 Å². The topological polar surface area (TPSA) is 94.8 Å². The zero-order valence-electron chi connectivity index (χ0n) is 19.7. The maximum atomic E-state index is 13.1. The largest absolute Gasteiger partial charge is 0.493 e. The summed E-state index contributed by atoms with van der Waals surface area (Å²) in [4.78, 5) is 30.1. The van der Waals surface area contributed by atoms with Gasteiger partial charge in [0.1, 0.15) is 5.82 Å². The number of hydrogen-bond acceptors (Lipinski definition) is 6. The third-order valence-electron chi connectivity index (χ3n) is 5.32. The van der Waals surface area contributed by atoms with Crippen molar-refractivity contribution >= 4 is 56.2 Å². The minimum absolute atomic E-state index is 0.257. The smallest absolute Gasteiger partial charge is 0.282 e. The number of rotatable bonds is 7. The molecule has 0 fully saturated rings. The molecule has 0 atom stereocenters. The first-order valence-electron chi connectivity index (χ1n) is 10.9. The molecule has 0 unspecified atom stereocenters. The number of hydrogen-bond donors (Lipinski definition) is 1. The molecular weight excluding hydrogens is 548 g/mol. The lowest BCUT2D eigenvalue weighted by molar-refractivity contribution is -0.118. The number of ether oxygens (including phenoxy) is 2. The lowest BCUT2D eigenvalue weighted by Gasteiger charge is -2.14. The Labute approximate surface area is 220 Å². The van der Waals surface area contributed by atoms with Crippen LogP contribution < -0.4 is 20.3 Å². The lowest BCUT2D eigenvalue weighted by Crippen LogP contribution is -2.22. The number of fused-ring (bicyclic) bond motifs is 1. The molecule has 10 heteroatoms. The molecule has 0 saturated carbocycles. The predicted molar refractivity (Wildman–Crippen MR) is 145 cm³/mol. The molecule has 3 aromatic carbocycles. The summed E-state index contributed by atoms with van der Waals surface area (Å²) in [6, 6.07) is 15.9. The van der Waals surface area contributed by atoms with Crippen molar-refractivity contribution in [2.75, 3.05) is 19.0 Å². The number of carbonyl (C=O) groups is 1. The number of halogens is 2. The summed E-state index contributed by atoms with van der Waals surface area (Å²) >= 11 is 9.65. The molecule has 0 radical (unpaired) electrons. The van der Waals surface area contributed by atoms with Crippen LogP contribution in [0.25, 0.3) is 10.9 Å². The highest BCUT2D eigenvalue weighted by Gasteiger charge is 2.15. The van der Waals surface area contributed by atoms with Crippen LogP contribution in [0.15, 0.2) is 69.0 Å². The zero-order chi connectivity index (χ0) is 25.8. The highest BCUT2D eigenvalue weighted by Crippen LogP contribution is 2.34. The summed E-state index contributed by atoms with van der Waals surface area (Å²) in [5.41, 5.74) is 2.29. The third-order valence-corrected chi connectivity index (χ3v) is 6.03. The molecule has 1 amide bonds. The van der Waals surface area contributed by atoms with E-state index in [2.05, 4.69) is 31.3 Å². The van der Waals surface area contributed by atoms with Crippen LogP contribution in [-0.2, 0) is 4.79 Å². The molecular formula is C26H22BrClN4O4. The Morgan fingerprint density at radius 1 is 1.19 bits per heavy atom. The van der Waals surface area contributed by atoms with Crippen LogP contribution in [-0.4, -0.2) is 35.5 Å². The number of amides is 1. The van der Waals surface area contributed by atoms with E-state index in [1.54, 1.807) is 31.2 Å². The van der Waals surface area contributed by atoms with Crippen molar-refractivity contribution in [3.05, 3.63) is 91.4 Å². The van der Waals surface area contributed by atoms with Gasteiger partial charge in [0.2, 0.25) is 0 Å². The van der Waals surface area contributed by atoms with Crippen molar-refractivity contribution in [2.45, 2.75) is 13.8 Å². The molecule has 4 rings (SSSR count). The van der Waals surface area contributed by atoms with Crippen molar-refractivity contribution < 1.29 is 14.3 Å². The first-order chi connectivity index (χ1) is 17.3. The van der Waals surface area contributed by atoms with Gasteiger partial charge in [0.15, 0.2) is 18.1 Å². The molecule has 0 aliphatic carbocycles. The molecule has 8 nitrogen and oxygen atoms in total. The number of methoxy groups -OCH3 is 1. The summed E-state index contributed by atoms with van der Waals surface area (Å²) in [7, 11) is 1.46. The highest BCUT2D eigenvalue weighted by atomic mass is 79.9. The van der Waals surface area contributed by atoms with Gasteiger partial charge < -0.3 is 14.8 Å². The van der Waals surface area contributed by atoms with E-state index in [-0.39, 0.29) is 23.8 Å². The molecule has 0 aliphatic rings. The van der Waals surface area contributed by atoms with Crippen LogP contribution in [0.4, 0.5) is 5.69 Å². The van der Waals surface area contributed by atoms with Crippen LogP contribution in [0.2, 0.25) is 5.02 Å². The Bertz CT molecular complexity index is 1550. The fraction of sp³-hybridized carbons (Fsp3) is 0.154. The molecule has 184 valence electrons. The molecule has 1 N–H and O–H groups in total. The number of nitrogens with one attached hydrogen (secondary N) is 1. The van der Waals surface area contributed by atoms with Crippen molar-refractivity contribution in [3.8, 4) is 11.5 Å². The van der Waals surface area contributed by atoms with E-state index >= 15 is 0 Å². The van der Waals surface area contributed by atoms with Gasteiger partial charge in [0.05, 0.1) is 24.2 Å². The molecule has 36 heavy (non-hydrogen) atoms. The fourth-order valence-electron chi connectivity index (χ4n) is 3.54. The number of aromatic nitrogens is 2. The van der Waals surface area contributed by atoms with Crippen molar-refractivity contribution in [3.63, 3.8) is 0 Å². The number of anilines is 1. The number of para-hydroxylation sites is 1. The molecule has 0 spiro atoms. The fourth-order valence-corrected chi connectivity index (χ4v) is 4.12. The summed E-state index contributed by atoms with van der Waals surface area (Å²) in [5.74, 6) is 0.630. The predicted octanol–water partition coefficient (Wildman–Crippen LogP) is 5.34. The maximum absolute atomic E-state index is 13.1. The van der Waals surface area contributed by atoms with Gasteiger partial charge in [-0.05, 0) is 49.7 Å². The van der Waals surface area contributed by atoms with Gasteiger partial charge in [-0.2, -0.15) is 9.78 Å². The van der Waals surface area contributed by atoms with Gasteiger partial charge in [0, 0.05) is 26.8 Å². The SMILES string of the molecule is COc1cc(Cl)cc(C=Nn2c(C)nc3ccc(Br)cc3c2=O)c1OCC(=O)Nc1ccccc1C. The van der Waals surface area contributed by atoms with Gasteiger partial charge in [-0.15, -0.1) is 0 Å². The Balaban J connectivity index is 1.65. The lowest BCUT2D eigenvalue weighted by atomic mass is 10.2. The molecule has 0 aliphatic heterocycles. The summed E-state index contributed by atoms with van der Waals surface area (Å²) < 4.78 is 13.2. The van der Waals surface area contributed by atoms with Crippen LogP contribution in [0.1, 0.15) is 17.0 Å². The molecule has 4 aromatic rings. The van der Waals surface area contributed by atoms with Crippen LogP contribution in [0.3, 0.4) is 0 Å². The van der Waals surface area contributed by atoms with Gasteiger partial charge in [0.25, 0.3) is 11.5 Å². The van der Waals surface area contributed by atoms with Crippen molar-refractivity contribution in [1.29, 1.82) is 0 Å². The van der Waals surface area contributed by atoms with E-state index in [1.807, 2.05) is 37.3 Å². The Kier molecular flexibility index (Phi) is 7.71. The summed E-state index contributed by atoms with van der Waals surface area (Å²) in [6.45, 7) is 3.31. The first kappa shape index (κ1) is 25.4. The Morgan fingerprint density at radius 3 is 2.72 bits per heavy atom. The Morgan fingerprint density at radius 2 is 1.97 bits per heavy atom. The second-order valence-corrected chi connectivity index (χ2v) is 9.21. The highest BCUT2D eigenvalue weighted by molar-refractivity contribution is 9.10. The van der Waals surface area contributed by atoms with E-state index in [4.69, 9.17) is 21.1 Å². The average molecular weight is 570 g/mol. The second kappa shape index (κ2) is 10.9. The quantitative estimate of drug-likeness (QED) is 0.303. The normalized spacial score (nSPS) is 11.1. The minimum Gasteiger partial charge on any atom is -0.493 e. The van der Waals surface area contributed by atoms with E-state index in [9.17, 15) is 9.59 Å².